The molecule has 0 aliphatic heterocycles. The fraction of sp³-hybridized carbons (Fsp3) is 0.400. The van der Waals surface area contributed by atoms with Crippen molar-refractivity contribution in [3.8, 4) is 0 Å². The number of benzene rings is 1. The molecule has 1 aromatic heterocycles. The van der Waals surface area contributed by atoms with Crippen LogP contribution in [0.5, 0.6) is 0 Å². The number of hydrogen-bond donors (Lipinski definition) is 0. The summed E-state index contributed by atoms with van der Waals surface area (Å²) in [5.74, 6) is 0.742. The van der Waals surface area contributed by atoms with Crippen molar-refractivity contribution in [2.24, 2.45) is 5.92 Å². The molecule has 1 atom stereocenters. The molecule has 0 spiro atoms. The smallest absolute Gasteiger partial charge is 0.237 e. The van der Waals surface area contributed by atoms with Gasteiger partial charge in [0.25, 0.3) is 0 Å². The van der Waals surface area contributed by atoms with Crippen molar-refractivity contribution in [3.05, 3.63) is 46.6 Å². The van der Waals surface area contributed by atoms with Crippen molar-refractivity contribution in [2.45, 2.75) is 33.1 Å². The number of carbonyl (C=O) groups is 1. The first-order chi connectivity index (χ1) is 9.49. The fourth-order valence-corrected chi connectivity index (χ4v) is 2.41. The van der Waals surface area contributed by atoms with Gasteiger partial charge in [-0.2, -0.15) is 4.98 Å². The van der Waals surface area contributed by atoms with Gasteiger partial charge in [0.1, 0.15) is 5.78 Å². The molecule has 1 heterocycles. The topological polar surface area (TPSA) is 56.0 Å². The van der Waals surface area contributed by atoms with Gasteiger partial charge >= 0.3 is 0 Å². The minimum Gasteiger partial charge on any atom is -0.339 e. The van der Waals surface area contributed by atoms with Crippen LogP contribution < -0.4 is 0 Å². The van der Waals surface area contributed by atoms with E-state index in [9.17, 15) is 4.79 Å². The summed E-state index contributed by atoms with van der Waals surface area (Å²) in [5.41, 5.74) is 0.936. The Bertz CT molecular complexity index is 607. The highest BCUT2D eigenvalue weighted by Crippen LogP contribution is 2.25. The molecule has 0 amide bonds. The fourth-order valence-electron chi connectivity index (χ4n) is 2.21. The van der Waals surface area contributed by atoms with Crippen LogP contribution in [0.3, 0.4) is 0 Å². The van der Waals surface area contributed by atoms with Crippen LogP contribution >= 0.6 is 11.6 Å². The zero-order valence-corrected chi connectivity index (χ0v) is 12.5. The molecule has 2 rings (SSSR count). The molecule has 4 nitrogen and oxygen atoms in total. The summed E-state index contributed by atoms with van der Waals surface area (Å²) in [7, 11) is 0. The van der Waals surface area contributed by atoms with Crippen LogP contribution in [0.1, 0.15) is 44.0 Å². The second-order valence-corrected chi connectivity index (χ2v) is 5.56. The molecule has 0 saturated carbocycles. The highest BCUT2D eigenvalue weighted by atomic mass is 35.5. The summed E-state index contributed by atoms with van der Waals surface area (Å²) in [4.78, 5) is 16.0. The van der Waals surface area contributed by atoms with Gasteiger partial charge in [-0.3, -0.25) is 4.79 Å². The van der Waals surface area contributed by atoms with Gasteiger partial charge in [0.05, 0.1) is 5.92 Å². The lowest BCUT2D eigenvalue weighted by atomic mass is 9.92. The minimum atomic E-state index is -0.345. The summed E-state index contributed by atoms with van der Waals surface area (Å²) < 4.78 is 5.24. The summed E-state index contributed by atoms with van der Waals surface area (Å²) in [5, 5.41) is 4.61. The molecule has 1 unspecified atom stereocenters. The van der Waals surface area contributed by atoms with Crippen LogP contribution in [0, 0.1) is 5.92 Å². The van der Waals surface area contributed by atoms with Crippen LogP contribution in [0.25, 0.3) is 0 Å². The van der Waals surface area contributed by atoms with Crippen molar-refractivity contribution in [2.75, 3.05) is 0 Å². The average Bonchev–Trinajstić information content (AvgIpc) is 2.79. The molecule has 106 valence electrons. The molecule has 5 heteroatoms. The first kappa shape index (κ1) is 14.7. The van der Waals surface area contributed by atoms with E-state index < -0.39 is 0 Å². The van der Waals surface area contributed by atoms with Crippen LogP contribution in [-0.4, -0.2) is 15.9 Å². The number of halogens is 1. The number of hydrogen-bond acceptors (Lipinski definition) is 4. The molecule has 0 bridgehead atoms. The lowest BCUT2D eigenvalue weighted by molar-refractivity contribution is -0.119. The normalized spacial score (nSPS) is 12.7. The molecule has 0 aliphatic carbocycles. The first-order valence-corrected chi connectivity index (χ1v) is 6.93. The third-order valence-corrected chi connectivity index (χ3v) is 3.53. The molecule has 20 heavy (non-hydrogen) atoms. The van der Waals surface area contributed by atoms with Crippen LogP contribution in [0.2, 0.25) is 5.02 Å². The van der Waals surface area contributed by atoms with Gasteiger partial charge in [0.2, 0.25) is 5.89 Å². The third-order valence-electron chi connectivity index (χ3n) is 3.16. The van der Waals surface area contributed by atoms with E-state index in [2.05, 4.69) is 10.1 Å². The Morgan fingerprint density at radius 1 is 1.35 bits per heavy atom. The molecule has 0 N–H and O–H groups in total. The van der Waals surface area contributed by atoms with Gasteiger partial charge in [-0.15, -0.1) is 0 Å². The maximum atomic E-state index is 11.7. The summed E-state index contributed by atoms with van der Waals surface area (Å²) >= 11 is 6.10. The standard InChI is InChI=1S/C15H17ClN2O2/c1-9(2)14(10(3)19)15-17-13(18-20-15)8-11-6-4-5-7-12(11)16/h4-7,9,14H,8H2,1-3H3. The number of rotatable bonds is 5. The van der Waals surface area contributed by atoms with Gasteiger partial charge in [0, 0.05) is 11.4 Å². The van der Waals surface area contributed by atoms with E-state index in [-0.39, 0.29) is 17.6 Å². The molecule has 0 radical (unpaired) electrons. The summed E-state index contributed by atoms with van der Waals surface area (Å²) in [6.45, 7) is 5.47. The SMILES string of the molecule is CC(=O)C(c1nc(Cc2ccccc2Cl)no1)C(C)C. The highest BCUT2D eigenvalue weighted by Gasteiger charge is 2.26. The van der Waals surface area contributed by atoms with E-state index in [4.69, 9.17) is 16.1 Å². The van der Waals surface area contributed by atoms with Gasteiger partial charge in [0.15, 0.2) is 5.82 Å². The lowest BCUT2D eigenvalue weighted by Crippen LogP contribution is -2.15. The van der Waals surface area contributed by atoms with E-state index in [0.29, 0.717) is 23.2 Å². The summed E-state index contributed by atoms with van der Waals surface area (Å²) in [6.07, 6.45) is 0.492. The van der Waals surface area contributed by atoms with Crippen molar-refractivity contribution in [1.29, 1.82) is 0 Å². The monoisotopic (exact) mass is 292 g/mol. The van der Waals surface area contributed by atoms with E-state index in [1.54, 1.807) is 6.92 Å². The number of aromatic nitrogens is 2. The van der Waals surface area contributed by atoms with Crippen molar-refractivity contribution in [1.82, 2.24) is 10.1 Å². The quantitative estimate of drug-likeness (QED) is 0.844. The van der Waals surface area contributed by atoms with E-state index in [1.165, 1.54) is 0 Å². The second-order valence-electron chi connectivity index (χ2n) is 5.15. The molecular formula is C15H17ClN2O2. The number of carbonyl (C=O) groups excluding carboxylic acids is 1. The van der Waals surface area contributed by atoms with Crippen molar-refractivity contribution < 1.29 is 9.32 Å². The van der Waals surface area contributed by atoms with Gasteiger partial charge in [-0.05, 0) is 24.5 Å². The molecule has 1 aromatic carbocycles. The Morgan fingerprint density at radius 2 is 2.05 bits per heavy atom. The van der Waals surface area contributed by atoms with E-state index in [1.807, 2.05) is 38.1 Å². The molecule has 0 fully saturated rings. The third kappa shape index (κ3) is 3.25. The van der Waals surface area contributed by atoms with Crippen molar-refractivity contribution >= 4 is 17.4 Å². The van der Waals surface area contributed by atoms with Gasteiger partial charge < -0.3 is 4.52 Å². The van der Waals surface area contributed by atoms with Crippen LogP contribution in [0.4, 0.5) is 0 Å². The lowest BCUT2D eigenvalue weighted by Gasteiger charge is -2.12. The molecule has 0 aliphatic rings. The molecule has 2 aromatic rings. The zero-order valence-electron chi connectivity index (χ0n) is 11.8. The Kier molecular flexibility index (Phi) is 4.55. The maximum Gasteiger partial charge on any atom is 0.237 e. The second kappa shape index (κ2) is 6.18. The van der Waals surface area contributed by atoms with Gasteiger partial charge in [-0.25, -0.2) is 0 Å². The van der Waals surface area contributed by atoms with E-state index >= 15 is 0 Å². The average molecular weight is 293 g/mol. The minimum absolute atomic E-state index is 0.0351. The Morgan fingerprint density at radius 3 is 2.65 bits per heavy atom. The highest BCUT2D eigenvalue weighted by molar-refractivity contribution is 6.31. The number of nitrogens with zero attached hydrogens (tertiary/aromatic N) is 2. The van der Waals surface area contributed by atoms with Crippen molar-refractivity contribution in [3.63, 3.8) is 0 Å². The Hall–Kier alpha value is -1.68. The Labute approximate surface area is 123 Å². The van der Waals surface area contributed by atoms with Crippen LogP contribution in [-0.2, 0) is 11.2 Å². The number of ketones is 1. The predicted octanol–water partition coefficient (Wildman–Crippen LogP) is 3.64. The maximum absolute atomic E-state index is 11.7. The largest absolute Gasteiger partial charge is 0.339 e. The summed E-state index contributed by atoms with van der Waals surface area (Å²) in [6, 6.07) is 7.53. The predicted molar refractivity (Wildman–Crippen MR) is 76.8 cm³/mol. The van der Waals surface area contributed by atoms with Crippen LogP contribution in [0.15, 0.2) is 28.8 Å². The zero-order chi connectivity index (χ0) is 14.7. The van der Waals surface area contributed by atoms with E-state index in [0.717, 1.165) is 5.56 Å². The first-order valence-electron chi connectivity index (χ1n) is 6.55. The molecular weight excluding hydrogens is 276 g/mol. The Balaban J connectivity index is 2.21. The van der Waals surface area contributed by atoms with Gasteiger partial charge in [-0.1, -0.05) is 48.8 Å². The molecule has 0 saturated heterocycles. The number of Topliss-reactive ketones (excluding diaryl/α,β-unsaturated/α-hetero) is 1.